The van der Waals surface area contributed by atoms with E-state index in [4.69, 9.17) is 14.7 Å². The Morgan fingerprint density at radius 1 is 1.15 bits per heavy atom. The number of nitrogens with zero attached hydrogens (tertiary/aromatic N) is 4. The molecule has 2 N–H and O–H groups in total. The number of urea groups is 1. The smallest absolute Gasteiger partial charge is 0.319 e. The van der Waals surface area contributed by atoms with E-state index in [-0.39, 0.29) is 12.1 Å². The van der Waals surface area contributed by atoms with Crippen LogP contribution in [0.2, 0.25) is 0 Å². The molecule has 1 saturated heterocycles. The molecule has 1 unspecified atom stereocenters. The van der Waals surface area contributed by atoms with Crippen molar-refractivity contribution in [3.63, 3.8) is 0 Å². The summed E-state index contributed by atoms with van der Waals surface area (Å²) in [6.45, 7) is 7.28. The highest BCUT2D eigenvalue weighted by Gasteiger charge is 2.29. The van der Waals surface area contributed by atoms with Crippen LogP contribution in [-0.2, 0) is 27.6 Å². The van der Waals surface area contributed by atoms with Crippen molar-refractivity contribution in [2.45, 2.75) is 32.7 Å². The summed E-state index contributed by atoms with van der Waals surface area (Å²) < 4.78 is 31.5. The lowest BCUT2D eigenvalue weighted by Crippen LogP contribution is -2.45. The fraction of sp³-hybridized carbons (Fsp3) is 0.522. The maximum Gasteiger partial charge on any atom is 0.319 e. The number of sulfonamides is 1. The number of carbonyl (C=O) groups is 1. The molecule has 2 aliphatic rings. The van der Waals surface area contributed by atoms with Crippen LogP contribution in [0.3, 0.4) is 0 Å². The second-order valence-electron chi connectivity index (χ2n) is 8.64. The summed E-state index contributed by atoms with van der Waals surface area (Å²) in [4.78, 5) is 23.9. The standard InChI is InChI=1S/C23H32N6O4S/c1-4-24-23(30)25-18-7-5-17(6-8-18)21-26-20-10-12-28(34(3,31)32)11-9-19(20)22(27-21)29-13-14-33-15-16(29)2/h5-8,16H,4,9-15H2,1-3H3,(H2,24,25,30). The summed E-state index contributed by atoms with van der Waals surface area (Å²) in [5.41, 5.74) is 3.40. The van der Waals surface area contributed by atoms with Crippen LogP contribution in [0.25, 0.3) is 11.4 Å². The lowest BCUT2D eigenvalue weighted by molar-refractivity contribution is 0.0984. The van der Waals surface area contributed by atoms with Gasteiger partial charge in [-0.25, -0.2) is 27.5 Å². The molecule has 1 aromatic heterocycles. The highest BCUT2D eigenvalue weighted by molar-refractivity contribution is 7.88. The van der Waals surface area contributed by atoms with Gasteiger partial charge in [-0.15, -0.1) is 0 Å². The first-order valence-corrected chi connectivity index (χ1v) is 13.5. The van der Waals surface area contributed by atoms with Gasteiger partial charge in [-0.2, -0.15) is 0 Å². The highest BCUT2D eigenvalue weighted by Crippen LogP contribution is 2.31. The van der Waals surface area contributed by atoms with Crippen molar-refractivity contribution in [2.75, 3.05) is 55.9 Å². The summed E-state index contributed by atoms with van der Waals surface area (Å²) in [6.07, 6.45) is 2.35. The third-order valence-corrected chi connectivity index (χ3v) is 7.43. The van der Waals surface area contributed by atoms with Crippen LogP contribution >= 0.6 is 0 Å². The van der Waals surface area contributed by atoms with E-state index in [0.29, 0.717) is 57.2 Å². The van der Waals surface area contributed by atoms with Gasteiger partial charge in [0.05, 0.1) is 31.2 Å². The Morgan fingerprint density at radius 3 is 2.56 bits per heavy atom. The van der Waals surface area contributed by atoms with Crippen LogP contribution in [-0.4, -0.2) is 80.4 Å². The quantitative estimate of drug-likeness (QED) is 0.660. The van der Waals surface area contributed by atoms with Crippen molar-refractivity contribution in [3.05, 3.63) is 35.5 Å². The summed E-state index contributed by atoms with van der Waals surface area (Å²) in [5, 5.41) is 5.50. The first kappa shape index (κ1) is 24.4. The first-order valence-electron chi connectivity index (χ1n) is 11.6. The van der Waals surface area contributed by atoms with Crippen LogP contribution in [0.4, 0.5) is 16.3 Å². The zero-order valence-electron chi connectivity index (χ0n) is 19.9. The zero-order chi connectivity index (χ0) is 24.3. The van der Waals surface area contributed by atoms with Crippen LogP contribution in [0, 0.1) is 0 Å². The normalized spacial score (nSPS) is 19.3. The molecular weight excluding hydrogens is 456 g/mol. The molecule has 0 saturated carbocycles. The van der Waals surface area contributed by atoms with Crippen LogP contribution in [0.5, 0.6) is 0 Å². The minimum Gasteiger partial charge on any atom is -0.377 e. The van der Waals surface area contributed by atoms with Gasteiger partial charge in [0, 0.05) is 49.4 Å². The van der Waals surface area contributed by atoms with E-state index in [1.165, 1.54) is 10.6 Å². The van der Waals surface area contributed by atoms with Crippen molar-refractivity contribution in [3.8, 4) is 11.4 Å². The molecule has 3 heterocycles. The van der Waals surface area contributed by atoms with Crippen molar-refractivity contribution in [1.82, 2.24) is 19.6 Å². The van der Waals surface area contributed by atoms with Crippen LogP contribution in [0.15, 0.2) is 24.3 Å². The van der Waals surface area contributed by atoms with Gasteiger partial charge in [0.1, 0.15) is 5.82 Å². The van der Waals surface area contributed by atoms with E-state index in [1.807, 2.05) is 31.2 Å². The number of anilines is 2. The fourth-order valence-electron chi connectivity index (χ4n) is 4.34. The maximum absolute atomic E-state index is 12.2. The molecule has 0 aliphatic carbocycles. The van der Waals surface area contributed by atoms with E-state index in [0.717, 1.165) is 29.2 Å². The van der Waals surface area contributed by atoms with E-state index in [9.17, 15) is 13.2 Å². The van der Waals surface area contributed by atoms with Crippen LogP contribution in [0.1, 0.15) is 25.1 Å². The van der Waals surface area contributed by atoms with Crippen molar-refractivity contribution >= 4 is 27.6 Å². The third kappa shape index (κ3) is 5.48. The number of hydrogen-bond acceptors (Lipinski definition) is 7. The largest absolute Gasteiger partial charge is 0.377 e. The molecule has 2 amide bonds. The fourth-order valence-corrected chi connectivity index (χ4v) is 5.18. The minimum absolute atomic E-state index is 0.151. The van der Waals surface area contributed by atoms with Gasteiger partial charge < -0.3 is 20.3 Å². The molecule has 0 bridgehead atoms. The molecule has 2 aromatic rings. The Balaban J connectivity index is 1.70. The lowest BCUT2D eigenvalue weighted by Gasteiger charge is -2.36. The monoisotopic (exact) mass is 488 g/mol. The summed E-state index contributed by atoms with van der Waals surface area (Å²) in [7, 11) is -3.28. The van der Waals surface area contributed by atoms with Crippen molar-refractivity contribution in [2.24, 2.45) is 0 Å². The molecule has 0 spiro atoms. The average Bonchev–Trinajstić information content (AvgIpc) is 3.02. The molecular formula is C23H32N6O4S. The van der Waals surface area contributed by atoms with Gasteiger partial charge >= 0.3 is 6.03 Å². The molecule has 11 heteroatoms. The van der Waals surface area contributed by atoms with Gasteiger partial charge in [-0.3, -0.25) is 0 Å². The second-order valence-corrected chi connectivity index (χ2v) is 10.6. The predicted octanol–water partition coefficient (Wildman–Crippen LogP) is 1.87. The van der Waals surface area contributed by atoms with E-state index in [2.05, 4.69) is 22.5 Å². The Kier molecular flexibility index (Phi) is 7.34. The molecule has 0 radical (unpaired) electrons. The number of benzene rings is 1. The molecule has 1 aromatic carbocycles. The van der Waals surface area contributed by atoms with Gasteiger partial charge in [0.25, 0.3) is 0 Å². The van der Waals surface area contributed by atoms with Crippen molar-refractivity contribution in [1.29, 1.82) is 0 Å². The van der Waals surface area contributed by atoms with Gasteiger partial charge in [0.15, 0.2) is 5.82 Å². The van der Waals surface area contributed by atoms with Gasteiger partial charge in [-0.1, -0.05) is 0 Å². The van der Waals surface area contributed by atoms with Crippen LogP contribution < -0.4 is 15.5 Å². The number of fused-ring (bicyclic) bond motifs is 1. The minimum atomic E-state index is -3.28. The Labute approximate surface area is 200 Å². The second kappa shape index (κ2) is 10.2. The number of nitrogens with one attached hydrogen (secondary N) is 2. The average molecular weight is 489 g/mol. The number of carbonyl (C=O) groups excluding carboxylic acids is 1. The number of amides is 2. The zero-order valence-corrected chi connectivity index (χ0v) is 20.7. The number of rotatable bonds is 5. The van der Waals surface area contributed by atoms with E-state index in [1.54, 1.807) is 0 Å². The van der Waals surface area contributed by atoms with Gasteiger partial charge in [0.2, 0.25) is 10.0 Å². The summed E-state index contributed by atoms with van der Waals surface area (Å²) in [6, 6.07) is 7.31. The number of ether oxygens (including phenoxy) is 1. The number of hydrogen-bond donors (Lipinski definition) is 2. The number of morpholine rings is 1. The predicted molar refractivity (Wildman–Crippen MR) is 132 cm³/mol. The molecule has 184 valence electrons. The first-order chi connectivity index (χ1) is 16.3. The molecule has 2 aliphatic heterocycles. The number of aromatic nitrogens is 2. The molecule has 1 fully saturated rings. The van der Waals surface area contributed by atoms with E-state index >= 15 is 0 Å². The third-order valence-electron chi connectivity index (χ3n) is 6.13. The molecule has 34 heavy (non-hydrogen) atoms. The lowest BCUT2D eigenvalue weighted by atomic mass is 10.1. The van der Waals surface area contributed by atoms with E-state index < -0.39 is 10.0 Å². The Bertz CT molecular complexity index is 1140. The summed E-state index contributed by atoms with van der Waals surface area (Å²) in [5.74, 6) is 1.44. The highest BCUT2D eigenvalue weighted by atomic mass is 32.2. The van der Waals surface area contributed by atoms with Crippen molar-refractivity contribution < 1.29 is 17.9 Å². The SMILES string of the molecule is CCNC(=O)Nc1ccc(-c2nc3c(c(N4CCOCC4C)n2)CCN(S(C)(=O)=O)CC3)cc1. The maximum atomic E-state index is 12.2. The van der Waals surface area contributed by atoms with Gasteiger partial charge in [-0.05, 0) is 44.5 Å². The summed E-state index contributed by atoms with van der Waals surface area (Å²) >= 11 is 0. The molecule has 1 atom stereocenters. The topological polar surface area (TPSA) is 117 Å². The molecule has 10 nitrogen and oxygen atoms in total. The Hall–Kier alpha value is -2.76. The Morgan fingerprint density at radius 2 is 1.88 bits per heavy atom. The molecule has 4 rings (SSSR count).